The number of rotatable bonds is 16. The Labute approximate surface area is 331 Å². The Bertz CT molecular complexity index is 1780. The van der Waals surface area contributed by atoms with Crippen LogP contribution in [0.3, 0.4) is 0 Å². The van der Waals surface area contributed by atoms with Gasteiger partial charge in [-0.05, 0) is 69.6 Å². The van der Waals surface area contributed by atoms with Crippen LogP contribution in [0.4, 0.5) is 8.78 Å². The van der Waals surface area contributed by atoms with Crippen LogP contribution in [0.2, 0.25) is 0 Å². The smallest absolute Gasteiger partial charge is 0.290 e. The van der Waals surface area contributed by atoms with Crippen LogP contribution in [-0.2, 0) is 33.5 Å². The van der Waals surface area contributed by atoms with Gasteiger partial charge in [-0.25, -0.2) is 8.78 Å². The Morgan fingerprint density at radius 3 is 2.09 bits per heavy atom. The minimum atomic E-state index is -1.36. The Hall–Kier alpha value is -5.25. The fourth-order valence-corrected chi connectivity index (χ4v) is 7.38. The van der Waals surface area contributed by atoms with Crippen LogP contribution < -0.4 is 27.0 Å². The standard InChI is InChI=1S/C41H54F2N6O8/c1-23(2)19-29(35(51)39(55)45-21-31(50)47-33(36(44)52)24-13-8-6-9-14-24)46-37(53)30-20-26(57-41(3,4)5)22-49(30)40(56)34(25-15-10-7-11-16-25)48-38(54)32-27(42)17-12-18-28(32)43/h6,8-9,12-14,17-18,23,25-26,29-30,33-34H,7,10-11,15-16,19-22H2,1-5H3,(H2,44,52)(H,45,55)(H,46,53)(H,47,50)(H,48,54). The molecule has 16 heteroatoms. The predicted molar refractivity (Wildman–Crippen MR) is 205 cm³/mol. The first-order valence-corrected chi connectivity index (χ1v) is 19.4. The lowest BCUT2D eigenvalue weighted by atomic mass is 9.83. The van der Waals surface area contributed by atoms with Crippen molar-refractivity contribution in [2.24, 2.45) is 17.6 Å². The molecule has 1 heterocycles. The van der Waals surface area contributed by atoms with E-state index in [2.05, 4.69) is 21.3 Å². The van der Waals surface area contributed by atoms with Crippen molar-refractivity contribution in [3.63, 3.8) is 0 Å². The zero-order valence-corrected chi connectivity index (χ0v) is 33.1. The monoisotopic (exact) mass is 796 g/mol. The topological polar surface area (TPSA) is 206 Å². The first-order chi connectivity index (χ1) is 26.9. The number of nitrogens with zero attached hydrogens (tertiary/aromatic N) is 1. The summed E-state index contributed by atoms with van der Waals surface area (Å²) in [7, 11) is 0. The molecule has 2 aliphatic rings. The highest BCUT2D eigenvalue weighted by Crippen LogP contribution is 2.31. The zero-order chi connectivity index (χ0) is 42.0. The molecule has 6 N–H and O–H groups in total. The first kappa shape index (κ1) is 44.5. The molecule has 5 atom stereocenters. The summed E-state index contributed by atoms with van der Waals surface area (Å²) in [6.07, 6.45) is 2.94. The van der Waals surface area contributed by atoms with Gasteiger partial charge in [0.05, 0.1) is 24.3 Å². The number of carbonyl (C=O) groups is 7. The number of nitrogens with two attached hydrogens (primary N) is 1. The SMILES string of the molecule is CC(C)CC(NC(=O)C1CC(OC(C)(C)C)CN1C(=O)C(NC(=O)c1c(F)cccc1F)C1CCCCC1)C(=O)C(=O)NCC(=O)NC(C(N)=O)c1ccccc1. The minimum absolute atomic E-state index is 0.0134. The Kier molecular flexibility index (Phi) is 15.4. The van der Waals surface area contributed by atoms with E-state index in [1.807, 2.05) is 20.8 Å². The third kappa shape index (κ3) is 12.4. The summed E-state index contributed by atoms with van der Waals surface area (Å²) >= 11 is 0. The number of primary amides is 1. The van der Waals surface area contributed by atoms with Gasteiger partial charge in [0.25, 0.3) is 11.8 Å². The number of benzene rings is 2. The summed E-state index contributed by atoms with van der Waals surface area (Å²) in [5.41, 5.74) is 4.38. The van der Waals surface area contributed by atoms with Crippen molar-refractivity contribution >= 4 is 41.2 Å². The van der Waals surface area contributed by atoms with Crippen LogP contribution in [0.15, 0.2) is 48.5 Å². The quantitative estimate of drug-likeness (QED) is 0.159. The van der Waals surface area contributed by atoms with Crippen molar-refractivity contribution in [2.45, 2.75) is 115 Å². The molecular weight excluding hydrogens is 742 g/mol. The predicted octanol–water partition coefficient (Wildman–Crippen LogP) is 2.99. The van der Waals surface area contributed by atoms with Crippen LogP contribution in [0, 0.1) is 23.5 Å². The Balaban J connectivity index is 1.54. The van der Waals surface area contributed by atoms with Gasteiger partial charge >= 0.3 is 0 Å². The maximum atomic E-state index is 14.7. The van der Waals surface area contributed by atoms with Crippen molar-refractivity contribution in [3.05, 3.63) is 71.3 Å². The molecule has 6 amide bonds. The van der Waals surface area contributed by atoms with E-state index in [4.69, 9.17) is 10.5 Å². The van der Waals surface area contributed by atoms with Gasteiger partial charge in [-0.15, -0.1) is 0 Å². The van der Waals surface area contributed by atoms with Gasteiger partial charge in [-0.2, -0.15) is 0 Å². The lowest BCUT2D eigenvalue weighted by Gasteiger charge is -2.35. The number of nitrogens with one attached hydrogen (secondary N) is 4. The molecule has 1 aliphatic carbocycles. The molecule has 5 unspecified atom stereocenters. The average molecular weight is 797 g/mol. The molecule has 0 bridgehead atoms. The van der Waals surface area contributed by atoms with Gasteiger partial charge < -0.3 is 36.6 Å². The summed E-state index contributed by atoms with van der Waals surface area (Å²) in [6, 6.07) is 6.23. The highest BCUT2D eigenvalue weighted by atomic mass is 19.1. The number of ketones is 1. The summed E-state index contributed by atoms with van der Waals surface area (Å²) in [5, 5.41) is 9.91. The van der Waals surface area contributed by atoms with Crippen molar-refractivity contribution in [1.82, 2.24) is 26.2 Å². The Morgan fingerprint density at radius 2 is 1.51 bits per heavy atom. The van der Waals surface area contributed by atoms with Crippen LogP contribution in [0.1, 0.15) is 102 Å². The van der Waals surface area contributed by atoms with Gasteiger partial charge in [0, 0.05) is 13.0 Å². The van der Waals surface area contributed by atoms with E-state index in [1.165, 1.54) is 4.90 Å². The first-order valence-electron chi connectivity index (χ1n) is 19.4. The molecule has 14 nitrogen and oxygen atoms in total. The number of ether oxygens (including phenoxy) is 1. The lowest BCUT2D eigenvalue weighted by Crippen LogP contribution is -2.58. The molecule has 1 aliphatic heterocycles. The summed E-state index contributed by atoms with van der Waals surface area (Å²) < 4.78 is 35.5. The number of hydrogen-bond donors (Lipinski definition) is 5. The second-order valence-electron chi connectivity index (χ2n) is 16.1. The number of amides is 6. The summed E-state index contributed by atoms with van der Waals surface area (Å²) in [5.74, 6) is -9.12. The van der Waals surface area contributed by atoms with E-state index in [1.54, 1.807) is 44.2 Å². The van der Waals surface area contributed by atoms with E-state index < -0.39 is 107 Å². The molecule has 0 spiro atoms. The van der Waals surface area contributed by atoms with E-state index >= 15 is 0 Å². The minimum Gasteiger partial charge on any atom is -0.371 e. The largest absolute Gasteiger partial charge is 0.371 e. The zero-order valence-electron chi connectivity index (χ0n) is 33.1. The van der Waals surface area contributed by atoms with Crippen molar-refractivity contribution in [3.8, 4) is 0 Å². The van der Waals surface area contributed by atoms with Gasteiger partial charge in [0.1, 0.15) is 35.3 Å². The summed E-state index contributed by atoms with van der Waals surface area (Å²) in [6.45, 7) is 8.26. The van der Waals surface area contributed by atoms with Crippen LogP contribution in [0.25, 0.3) is 0 Å². The Morgan fingerprint density at radius 1 is 0.877 bits per heavy atom. The maximum absolute atomic E-state index is 14.7. The van der Waals surface area contributed by atoms with Crippen LogP contribution >= 0.6 is 0 Å². The molecule has 2 aromatic carbocycles. The average Bonchev–Trinajstić information content (AvgIpc) is 3.57. The molecule has 0 aromatic heterocycles. The highest BCUT2D eigenvalue weighted by molar-refractivity contribution is 6.38. The van der Waals surface area contributed by atoms with E-state index in [0.717, 1.165) is 37.5 Å². The molecule has 2 aromatic rings. The molecule has 4 rings (SSSR count). The van der Waals surface area contributed by atoms with E-state index in [0.29, 0.717) is 18.4 Å². The molecule has 0 radical (unpaired) electrons. The molecule has 2 fully saturated rings. The lowest BCUT2D eigenvalue weighted by molar-refractivity contribution is -0.143. The van der Waals surface area contributed by atoms with Gasteiger partial charge in [-0.1, -0.05) is 69.5 Å². The molecule has 1 saturated carbocycles. The summed E-state index contributed by atoms with van der Waals surface area (Å²) in [4.78, 5) is 94.8. The third-order valence-electron chi connectivity index (χ3n) is 9.93. The number of hydrogen-bond acceptors (Lipinski definition) is 8. The third-order valence-corrected chi connectivity index (χ3v) is 9.93. The maximum Gasteiger partial charge on any atom is 0.290 e. The van der Waals surface area contributed by atoms with Gasteiger partial charge in [0.2, 0.25) is 29.4 Å². The number of halogens is 2. The number of Topliss-reactive ketones (excluding diaryl/α,β-unsaturated/α-hetero) is 1. The van der Waals surface area contributed by atoms with Crippen molar-refractivity contribution in [1.29, 1.82) is 0 Å². The normalized spacial score (nSPS) is 18.9. The highest BCUT2D eigenvalue weighted by Gasteiger charge is 2.46. The number of likely N-dealkylation sites (tertiary alicyclic amines) is 1. The molecule has 310 valence electrons. The fourth-order valence-electron chi connectivity index (χ4n) is 7.38. The van der Waals surface area contributed by atoms with Crippen molar-refractivity contribution < 1.29 is 47.1 Å². The number of carbonyl (C=O) groups excluding carboxylic acids is 7. The molecule has 1 saturated heterocycles. The molecule has 57 heavy (non-hydrogen) atoms. The second-order valence-corrected chi connectivity index (χ2v) is 16.1. The van der Waals surface area contributed by atoms with Gasteiger partial charge in [0.15, 0.2) is 0 Å². The van der Waals surface area contributed by atoms with E-state index in [9.17, 15) is 42.3 Å². The fraction of sp³-hybridized carbons (Fsp3) is 0.537. The van der Waals surface area contributed by atoms with Crippen molar-refractivity contribution in [2.75, 3.05) is 13.1 Å². The van der Waals surface area contributed by atoms with Crippen LogP contribution in [0.5, 0.6) is 0 Å². The van der Waals surface area contributed by atoms with E-state index in [-0.39, 0.29) is 25.3 Å². The second kappa shape index (κ2) is 19.7. The molecular formula is C41H54F2N6O8. The van der Waals surface area contributed by atoms with Crippen LogP contribution in [-0.4, -0.2) is 89.0 Å². The van der Waals surface area contributed by atoms with Gasteiger partial charge in [-0.3, -0.25) is 33.6 Å².